The fourth-order valence-corrected chi connectivity index (χ4v) is 4.04. The molecule has 0 nitrogen and oxygen atoms in total. The fraction of sp³-hybridized carbons (Fsp3) is 0.357. The Labute approximate surface area is 172 Å². The van der Waals surface area contributed by atoms with Crippen LogP contribution >= 0.6 is 0 Å². The van der Waals surface area contributed by atoms with Gasteiger partial charge in [0.05, 0.1) is 0 Å². The van der Waals surface area contributed by atoms with Gasteiger partial charge in [0.25, 0.3) is 0 Å². The van der Waals surface area contributed by atoms with Crippen molar-refractivity contribution >= 4 is 0 Å². The van der Waals surface area contributed by atoms with Gasteiger partial charge in [0.2, 0.25) is 0 Å². The average Bonchev–Trinajstić information content (AvgIpc) is 2.76. The average molecular weight is 373 g/mol. The van der Waals surface area contributed by atoms with E-state index in [1.54, 1.807) is 0 Å². The van der Waals surface area contributed by atoms with Crippen LogP contribution in [0.25, 0.3) is 11.1 Å². The topological polar surface area (TPSA) is 0 Å². The molecule has 0 amide bonds. The van der Waals surface area contributed by atoms with E-state index in [2.05, 4.69) is 86.6 Å². The summed E-state index contributed by atoms with van der Waals surface area (Å²) in [4.78, 5) is 0. The van der Waals surface area contributed by atoms with Gasteiger partial charge in [0.1, 0.15) is 0 Å². The molecule has 2 atom stereocenters. The molecule has 3 aromatic carbocycles. The molecule has 0 heterocycles. The Hall–Kier alpha value is -2.34. The molecule has 28 heavy (non-hydrogen) atoms. The van der Waals surface area contributed by atoms with Crippen LogP contribution < -0.4 is 0 Å². The highest BCUT2D eigenvalue weighted by Crippen LogP contribution is 2.40. The number of rotatable bonds is 2. The molecule has 0 radical (unpaired) electrons. The lowest BCUT2D eigenvalue weighted by atomic mass is 9.74. The van der Waals surface area contributed by atoms with Crippen molar-refractivity contribution in [2.75, 3.05) is 0 Å². The summed E-state index contributed by atoms with van der Waals surface area (Å²) >= 11 is 0. The third-order valence-corrected chi connectivity index (χ3v) is 5.31. The Morgan fingerprint density at radius 1 is 0.714 bits per heavy atom. The standard InChI is InChI=1S/C24H24.2C2H6/c1-17-10-12-19(13-11-17)20-7-5-8-22(16-20)24-15-18(2)14-21-6-3-4-9-23(21)24;2*1-2/h3-13,16,18,24H,14-15H2,1-2H3;2*1-2H3. The first kappa shape index (κ1) is 22.0. The lowest BCUT2D eigenvalue weighted by molar-refractivity contribution is 0.464. The van der Waals surface area contributed by atoms with Crippen molar-refractivity contribution in [3.05, 3.63) is 95.1 Å². The zero-order valence-electron chi connectivity index (χ0n) is 18.5. The summed E-state index contributed by atoms with van der Waals surface area (Å²) < 4.78 is 0. The Kier molecular flexibility index (Phi) is 8.51. The summed E-state index contributed by atoms with van der Waals surface area (Å²) in [6.45, 7) is 12.5. The summed E-state index contributed by atoms with van der Waals surface area (Å²) in [7, 11) is 0. The van der Waals surface area contributed by atoms with E-state index in [1.807, 2.05) is 27.7 Å². The largest absolute Gasteiger partial charge is 0.0683 e. The van der Waals surface area contributed by atoms with Gasteiger partial charge in [-0.15, -0.1) is 0 Å². The fourth-order valence-electron chi connectivity index (χ4n) is 4.04. The summed E-state index contributed by atoms with van der Waals surface area (Å²) in [5.74, 6) is 1.27. The number of fused-ring (bicyclic) bond motifs is 1. The van der Waals surface area contributed by atoms with Crippen molar-refractivity contribution in [3.63, 3.8) is 0 Å². The predicted molar refractivity (Wildman–Crippen MR) is 125 cm³/mol. The van der Waals surface area contributed by atoms with E-state index in [0.29, 0.717) is 5.92 Å². The molecular formula is C28H36. The molecule has 0 fully saturated rings. The highest BCUT2D eigenvalue weighted by Gasteiger charge is 2.25. The van der Waals surface area contributed by atoms with Crippen LogP contribution in [0, 0.1) is 12.8 Å². The maximum absolute atomic E-state index is 2.39. The van der Waals surface area contributed by atoms with E-state index in [-0.39, 0.29) is 0 Å². The lowest BCUT2D eigenvalue weighted by Crippen LogP contribution is -2.17. The maximum Gasteiger partial charge on any atom is 0.00949 e. The molecular weight excluding hydrogens is 336 g/mol. The van der Waals surface area contributed by atoms with E-state index in [9.17, 15) is 0 Å². The molecule has 0 N–H and O–H groups in total. The molecule has 148 valence electrons. The maximum atomic E-state index is 2.39. The highest BCUT2D eigenvalue weighted by molar-refractivity contribution is 5.65. The van der Waals surface area contributed by atoms with Crippen molar-refractivity contribution in [3.8, 4) is 11.1 Å². The van der Waals surface area contributed by atoms with Crippen molar-refractivity contribution in [1.82, 2.24) is 0 Å². The minimum atomic E-state index is 0.523. The van der Waals surface area contributed by atoms with Gasteiger partial charge in [-0.3, -0.25) is 0 Å². The van der Waals surface area contributed by atoms with E-state index in [4.69, 9.17) is 0 Å². The highest BCUT2D eigenvalue weighted by atomic mass is 14.3. The van der Waals surface area contributed by atoms with Crippen molar-refractivity contribution in [2.24, 2.45) is 5.92 Å². The molecule has 0 saturated carbocycles. The monoisotopic (exact) mass is 372 g/mol. The second kappa shape index (κ2) is 10.9. The van der Waals surface area contributed by atoms with Crippen LogP contribution in [0.2, 0.25) is 0 Å². The first-order valence-corrected chi connectivity index (χ1v) is 11.0. The molecule has 0 heteroatoms. The number of benzene rings is 3. The van der Waals surface area contributed by atoms with Crippen molar-refractivity contribution in [2.45, 2.75) is 60.3 Å². The Morgan fingerprint density at radius 3 is 2.11 bits per heavy atom. The molecule has 0 saturated heterocycles. The second-order valence-electron chi connectivity index (χ2n) is 7.29. The van der Waals surface area contributed by atoms with Gasteiger partial charge in [-0.25, -0.2) is 0 Å². The normalized spacial score (nSPS) is 17.4. The van der Waals surface area contributed by atoms with E-state index < -0.39 is 0 Å². The number of aryl methyl sites for hydroxylation is 1. The van der Waals surface area contributed by atoms with Gasteiger partial charge < -0.3 is 0 Å². The van der Waals surface area contributed by atoms with Crippen molar-refractivity contribution < 1.29 is 0 Å². The molecule has 0 bridgehead atoms. The predicted octanol–water partition coefficient (Wildman–Crippen LogP) is 8.43. The first-order chi connectivity index (χ1) is 13.7. The molecule has 0 aliphatic heterocycles. The summed E-state index contributed by atoms with van der Waals surface area (Å²) in [5, 5.41) is 0. The van der Waals surface area contributed by atoms with E-state index in [0.717, 1.165) is 5.92 Å². The van der Waals surface area contributed by atoms with Gasteiger partial charge in [-0.1, -0.05) is 113 Å². The van der Waals surface area contributed by atoms with Crippen LogP contribution in [-0.2, 0) is 6.42 Å². The zero-order valence-corrected chi connectivity index (χ0v) is 18.5. The molecule has 1 aliphatic rings. The molecule has 0 spiro atoms. The van der Waals surface area contributed by atoms with Gasteiger partial charge in [0.15, 0.2) is 0 Å². The van der Waals surface area contributed by atoms with E-state index >= 15 is 0 Å². The van der Waals surface area contributed by atoms with Crippen LogP contribution in [0.4, 0.5) is 0 Å². The third-order valence-electron chi connectivity index (χ3n) is 5.31. The van der Waals surface area contributed by atoms with E-state index in [1.165, 1.54) is 46.2 Å². The quantitative estimate of drug-likeness (QED) is 0.423. The van der Waals surface area contributed by atoms with Crippen LogP contribution in [-0.4, -0.2) is 0 Å². The van der Waals surface area contributed by atoms with Crippen LogP contribution in [0.5, 0.6) is 0 Å². The van der Waals surface area contributed by atoms with Gasteiger partial charge >= 0.3 is 0 Å². The smallest absolute Gasteiger partial charge is 0.00949 e. The molecule has 2 unspecified atom stereocenters. The number of hydrogen-bond acceptors (Lipinski definition) is 0. The minimum Gasteiger partial charge on any atom is -0.0683 e. The van der Waals surface area contributed by atoms with Gasteiger partial charge in [-0.05, 0) is 53.5 Å². The van der Waals surface area contributed by atoms with Crippen LogP contribution in [0.1, 0.15) is 69.2 Å². The van der Waals surface area contributed by atoms with Gasteiger partial charge in [0, 0.05) is 5.92 Å². The Balaban J connectivity index is 0.000000660. The first-order valence-electron chi connectivity index (χ1n) is 11.0. The Morgan fingerprint density at radius 2 is 1.39 bits per heavy atom. The minimum absolute atomic E-state index is 0.523. The van der Waals surface area contributed by atoms with Crippen LogP contribution in [0.15, 0.2) is 72.8 Å². The number of hydrogen-bond donors (Lipinski definition) is 0. The SMILES string of the molecule is CC.CC.Cc1ccc(-c2cccc(C3CC(C)Cc4ccccc43)c2)cc1. The molecule has 3 aromatic rings. The summed E-state index contributed by atoms with van der Waals surface area (Å²) in [6.07, 6.45) is 2.46. The van der Waals surface area contributed by atoms with Crippen molar-refractivity contribution in [1.29, 1.82) is 0 Å². The summed E-state index contributed by atoms with van der Waals surface area (Å²) in [6, 6.07) is 27.0. The Bertz CT molecular complexity index is 842. The second-order valence-corrected chi connectivity index (χ2v) is 7.29. The van der Waals surface area contributed by atoms with Crippen LogP contribution in [0.3, 0.4) is 0 Å². The molecule has 0 aromatic heterocycles. The lowest BCUT2D eigenvalue weighted by Gasteiger charge is -2.30. The summed E-state index contributed by atoms with van der Waals surface area (Å²) in [5.41, 5.74) is 8.44. The third kappa shape index (κ3) is 5.13. The molecule has 1 aliphatic carbocycles. The molecule has 4 rings (SSSR count). The zero-order chi connectivity index (χ0) is 20.5. The van der Waals surface area contributed by atoms with Gasteiger partial charge in [-0.2, -0.15) is 0 Å².